The lowest BCUT2D eigenvalue weighted by atomic mass is 9.88. The van der Waals surface area contributed by atoms with Crippen LogP contribution in [0.15, 0.2) is 72.8 Å². The molecule has 4 heteroatoms. The molecule has 1 N–H and O–H groups in total. The van der Waals surface area contributed by atoms with Gasteiger partial charge in [0.25, 0.3) is 0 Å². The van der Waals surface area contributed by atoms with Crippen LogP contribution >= 0.6 is 0 Å². The minimum absolute atomic E-state index is 0.0608. The van der Waals surface area contributed by atoms with Crippen molar-refractivity contribution in [1.29, 1.82) is 0 Å². The Labute approximate surface area is 197 Å². The molecule has 1 fully saturated rings. The predicted molar refractivity (Wildman–Crippen MR) is 135 cm³/mol. The van der Waals surface area contributed by atoms with Gasteiger partial charge in [0.2, 0.25) is 5.91 Å². The van der Waals surface area contributed by atoms with Gasteiger partial charge in [-0.3, -0.25) is 9.80 Å². The lowest BCUT2D eigenvalue weighted by Gasteiger charge is -2.26. The lowest BCUT2D eigenvalue weighted by molar-refractivity contribution is -0.124. The summed E-state index contributed by atoms with van der Waals surface area (Å²) in [6.45, 7) is 9.37. The first-order chi connectivity index (χ1) is 15.8. The molecule has 1 amide bonds. The summed E-state index contributed by atoms with van der Waals surface area (Å²) >= 11 is 0. The Kier molecular flexibility index (Phi) is 5.49. The van der Waals surface area contributed by atoms with Crippen molar-refractivity contribution in [2.24, 2.45) is 11.3 Å². The summed E-state index contributed by atoms with van der Waals surface area (Å²) in [5.41, 5.74) is 10.2. The zero-order chi connectivity index (χ0) is 23.2. The smallest absolute Gasteiger partial charge is 0.233 e. The monoisotopic (exact) mass is 439 g/mol. The third kappa shape index (κ3) is 4.04. The summed E-state index contributed by atoms with van der Waals surface area (Å²) < 4.78 is 0. The molecule has 3 aromatic rings. The van der Waals surface area contributed by atoms with Gasteiger partial charge in [0, 0.05) is 17.6 Å². The molecule has 0 bridgehead atoms. The fourth-order valence-electron chi connectivity index (χ4n) is 5.18. The maximum absolute atomic E-state index is 13.4. The number of hydrazine groups is 1. The molecule has 0 aromatic heterocycles. The number of anilines is 3. The highest BCUT2D eigenvalue weighted by atomic mass is 16.2. The van der Waals surface area contributed by atoms with Crippen molar-refractivity contribution in [3.05, 3.63) is 89.5 Å². The summed E-state index contributed by atoms with van der Waals surface area (Å²) in [5.74, 6) is 0.845. The number of carbonyl (C=O) groups is 1. The molecule has 0 radical (unpaired) electrons. The first-order valence-electron chi connectivity index (χ1n) is 12.0. The average Bonchev–Trinajstić information content (AvgIpc) is 3.32. The van der Waals surface area contributed by atoms with E-state index in [-0.39, 0.29) is 17.4 Å². The number of benzene rings is 3. The number of fused-ring (bicyclic) bond motifs is 1. The van der Waals surface area contributed by atoms with Crippen LogP contribution in [0.1, 0.15) is 56.8 Å². The number of hydrogen-bond acceptors (Lipinski definition) is 3. The van der Waals surface area contributed by atoms with Gasteiger partial charge in [-0.1, -0.05) is 70.2 Å². The van der Waals surface area contributed by atoms with Gasteiger partial charge in [-0.05, 0) is 65.8 Å². The van der Waals surface area contributed by atoms with E-state index in [0.717, 1.165) is 36.4 Å². The highest BCUT2D eigenvalue weighted by molar-refractivity contribution is 6.00. The fraction of sp³-hybridized carbons (Fsp3) is 0.345. The molecular weight excluding hydrogens is 406 g/mol. The molecule has 33 heavy (non-hydrogen) atoms. The van der Waals surface area contributed by atoms with Crippen molar-refractivity contribution < 1.29 is 4.79 Å². The summed E-state index contributed by atoms with van der Waals surface area (Å²) in [7, 11) is 0. The number of nitrogens with zero attached hydrogens (tertiary/aromatic N) is 2. The average molecular weight is 440 g/mol. The van der Waals surface area contributed by atoms with E-state index in [9.17, 15) is 4.79 Å². The Bertz CT molecular complexity index is 1150. The first kappa shape index (κ1) is 21.7. The summed E-state index contributed by atoms with van der Waals surface area (Å²) in [6.07, 6.45) is 1.91. The van der Waals surface area contributed by atoms with E-state index < -0.39 is 0 Å². The molecule has 4 nitrogen and oxygen atoms in total. The highest BCUT2D eigenvalue weighted by Crippen LogP contribution is 2.47. The van der Waals surface area contributed by atoms with Crippen LogP contribution in [0.25, 0.3) is 0 Å². The molecular formula is C29H33N3O. The van der Waals surface area contributed by atoms with E-state index in [0.29, 0.717) is 5.92 Å². The van der Waals surface area contributed by atoms with E-state index in [2.05, 4.69) is 105 Å². The Morgan fingerprint density at radius 1 is 0.970 bits per heavy atom. The quantitative estimate of drug-likeness (QED) is 0.490. The van der Waals surface area contributed by atoms with Crippen LogP contribution in [0.5, 0.6) is 0 Å². The molecule has 170 valence electrons. The van der Waals surface area contributed by atoms with Gasteiger partial charge in [0.1, 0.15) is 0 Å². The first-order valence-corrected chi connectivity index (χ1v) is 12.0. The molecule has 0 aliphatic carbocycles. The normalized spacial score (nSPS) is 19.4. The van der Waals surface area contributed by atoms with Crippen LogP contribution < -0.4 is 15.3 Å². The standard InChI is InChI=1S/C29H33N3O/c1-20(2)16-21-10-12-24(13-11-21)32-26-15-14-25(17-23(26)19-30-32)31-27(18-29(3,4)28(31)33)22-8-6-5-7-9-22/h5-15,17,20,27,30H,16,18-19H2,1-4H3. The third-order valence-corrected chi connectivity index (χ3v) is 6.85. The van der Waals surface area contributed by atoms with Crippen LogP contribution in [0.2, 0.25) is 0 Å². The lowest BCUT2D eigenvalue weighted by Crippen LogP contribution is -2.32. The Hall–Kier alpha value is -3.11. The van der Waals surface area contributed by atoms with Gasteiger partial charge < -0.3 is 4.90 Å². The van der Waals surface area contributed by atoms with Crippen molar-refractivity contribution in [2.45, 2.75) is 53.1 Å². The van der Waals surface area contributed by atoms with Gasteiger partial charge >= 0.3 is 0 Å². The Morgan fingerprint density at radius 2 is 1.67 bits per heavy atom. The summed E-state index contributed by atoms with van der Waals surface area (Å²) in [5, 5.41) is 2.16. The second kappa shape index (κ2) is 8.35. The minimum atomic E-state index is -0.373. The molecule has 1 saturated heterocycles. The van der Waals surface area contributed by atoms with Gasteiger partial charge in [0.15, 0.2) is 0 Å². The number of amides is 1. The van der Waals surface area contributed by atoms with Crippen molar-refractivity contribution in [2.75, 3.05) is 9.91 Å². The molecule has 1 unspecified atom stereocenters. The summed E-state index contributed by atoms with van der Waals surface area (Å²) in [6, 6.07) is 25.7. The molecule has 5 rings (SSSR count). The number of hydrogen-bond donors (Lipinski definition) is 1. The number of rotatable bonds is 5. The fourth-order valence-corrected chi connectivity index (χ4v) is 5.18. The second-order valence-electron chi connectivity index (χ2n) is 10.4. The predicted octanol–water partition coefficient (Wildman–Crippen LogP) is 6.55. The van der Waals surface area contributed by atoms with Gasteiger partial charge in [-0.15, -0.1) is 0 Å². The second-order valence-corrected chi connectivity index (χ2v) is 10.4. The van der Waals surface area contributed by atoms with E-state index in [1.54, 1.807) is 0 Å². The molecule has 3 aromatic carbocycles. The van der Waals surface area contributed by atoms with Crippen LogP contribution in [0.3, 0.4) is 0 Å². The minimum Gasteiger partial charge on any atom is -0.304 e. The Morgan fingerprint density at radius 3 is 2.36 bits per heavy atom. The van der Waals surface area contributed by atoms with Crippen LogP contribution in [-0.4, -0.2) is 5.91 Å². The van der Waals surface area contributed by atoms with E-state index in [1.165, 1.54) is 16.7 Å². The maximum Gasteiger partial charge on any atom is 0.233 e. The van der Waals surface area contributed by atoms with Crippen molar-refractivity contribution >= 4 is 23.0 Å². The zero-order valence-electron chi connectivity index (χ0n) is 20.0. The van der Waals surface area contributed by atoms with Crippen LogP contribution in [-0.2, 0) is 17.8 Å². The molecule has 0 spiro atoms. The molecule has 2 aliphatic heterocycles. The topological polar surface area (TPSA) is 35.6 Å². The zero-order valence-corrected chi connectivity index (χ0v) is 20.0. The van der Waals surface area contributed by atoms with Crippen LogP contribution in [0, 0.1) is 11.3 Å². The third-order valence-electron chi connectivity index (χ3n) is 6.85. The number of carbonyl (C=O) groups excluding carboxylic acids is 1. The molecule has 1 atom stereocenters. The van der Waals surface area contributed by atoms with E-state index in [1.807, 2.05) is 11.0 Å². The number of nitrogens with one attached hydrogen (secondary N) is 1. The van der Waals surface area contributed by atoms with E-state index >= 15 is 0 Å². The maximum atomic E-state index is 13.4. The SMILES string of the molecule is CC(C)Cc1ccc(N2NCc3cc(N4C(=O)C(C)(C)CC4c4ccccc4)ccc32)cc1. The largest absolute Gasteiger partial charge is 0.304 e. The molecule has 0 saturated carbocycles. The van der Waals surface area contributed by atoms with Crippen molar-refractivity contribution in [3.63, 3.8) is 0 Å². The van der Waals surface area contributed by atoms with Gasteiger partial charge in [-0.2, -0.15) is 0 Å². The van der Waals surface area contributed by atoms with Crippen molar-refractivity contribution in [3.8, 4) is 0 Å². The van der Waals surface area contributed by atoms with Crippen LogP contribution in [0.4, 0.5) is 17.1 Å². The highest BCUT2D eigenvalue weighted by Gasteiger charge is 2.46. The van der Waals surface area contributed by atoms with Gasteiger partial charge in [0.05, 0.1) is 17.4 Å². The molecule has 2 aliphatic rings. The summed E-state index contributed by atoms with van der Waals surface area (Å²) in [4.78, 5) is 15.4. The Balaban J connectivity index is 1.44. The van der Waals surface area contributed by atoms with E-state index in [4.69, 9.17) is 0 Å². The van der Waals surface area contributed by atoms with Gasteiger partial charge in [-0.25, -0.2) is 5.43 Å². The van der Waals surface area contributed by atoms with Crippen molar-refractivity contribution in [1.82, 2.24) is 5.43 Å². The molecule has 2 heterocycles.